The Bertz CT molecular complexity index is 623. The fourth-order valence-electron chi connectivity index (χ4n) is 1.94. The molecule has 0 heterocycles. The molecule has 0 aliphatic heterocycles. The van der Waals surface area contributed by atoms with Crippen LogP contribution in [-0.2, 0) is 12.6 Å². The number of aliphatic hydroxyl groups is 1. The quantitative estimate of drug-likeness (QED) is 0.808. The Labute approximate surface area is 123 Å². The molecule has 2 aromatic carbocycles. The number of alkyl halides is 3. The van der Waals surface area contributed by atoms with E-state index in [1.54, 1.807) is 0 Å². The molecule has 0 amide bonds. The smallest absolute Gasteiger partial charge is 0.388 e. The summed E-state index contributed by atoms with van der Waals surface area (Å²) in [5, 5.41) is 9.88. The molecule has 0 spiro atoms. The van der Waals surface area contributed by atoms with Crippen molar-refractivity contribution in [1.29, 1.82) is 0 Å². The van der Waals surface area contributed by atoms with Gasteiger partial charge >= 0.3 is 6.18 Å². The van der Waals surface area contributed by atoms with E-state index in [1.165, 1.54) is 30.3 Å². The molecular formula is C15H11ClF4O. The highest BCUT2D eigenvalue weighted by Crippen LogP contribution is 2.30. The molecule has 0 fully saturated rings. The highest BCUT2D eigenvalue weighted by Gasteiger charge is 2.30. The van der Waals surface area contributed by atoms with Crippen molar-refractivity contribution in [2.45, 2.75) is 18.7 Å². The summed E-state index contributed by atoms with van der Waals surface area (Å²) in [6.45, 7) is 0. The number of halogens is 5. The van der Waals surface area contributed by atoms with Crippen LogP contribution in [0.15, 0.2) is 42.5 Å². The first-order chi connectivity index (χ1) is 9.79. The Kier molecular flexibility index (Phi) is 4.54. The molecule has 0 aromatic heterocycles. The van der Waals surface area contributed by atoms with Gasteiger partial charge in [0.1, 0.15) is 5.82 Å². The van der Waals surface area contributed by atoms with Gasteiger partial charge in [0.05, 0.1) is 16.7 Å². The van der Waals surface area contributed by atoms with Crippen molar-refractivity contribution >= 4 is 11.6 Å². The highest BCUT2D eigenvalue weighted by molar-refractivity contribution is 6.30. The molecule has 0 aliphatic carbocycles. The van der Waals surface area contributed by atoms with Gasteiger partial charge in [0.25, 0.3) is 0 Å². The SMILES string of the molecule is OC(Cc1ccc(C(F)(F)F)cc1)c1cccc(Cl)c1F. The lowest BCUT2D eigenvalue weighted by Gasteiger charge is -2.13. The lowest BCUT2D eigenvalue weighted by Crippen LogP contribution is -2.07. The van der Waals surface area contributed by atoms with E-state index in [1.807, 2.05) is 0 Å². The lowest BCUT2D eigenvalue weighted by molar-refractivity contribution is -0.137. The average Bonchev–Trinajstić information content (AvgIpc) is 2.41. The predicted octanol–water partition coefficient (Wildman–Crippen LogP) is 4.77. The van der Waals surface area contributed by atoms with Gasteiger partial charge in [0, 0.05) is 12.0 Å². The normalized spacial score (nSPS) is 13.2. The minimum absolute atomic E-state index is 0.00456. The minimum atomic E-state index is -4.41. The van der Waals surface area contributed by atoms with Gasteiger partial charge in [-0.05, 0) is 23.8 Å². The van der Waals surface area contributed by atoms with E-state index in [0.717, 1.165) is 12.1 Å². The Hall–Kier alpha value is -1.59. The van der Waals surface area contributed by atoms with Gasteiger partial charge < -0.3 is 5.11 Å². The van der Waals surface area contributed by atoms with E-state index in [-0.39, 0.29) is 17.0 Å². The largest absolute Gasteiger partial charge is 0.416 e. The van der Waals surface area contributed by atoms with E-state index in [2.05, 4.69) is 0 Å². The summed E-state index contributed by atoms with van der Waals surface area (Å²) < 4.78 is 51.0. The van der Waals surface area contributed by atoms with Crippen molar-refractivity contribution in [3.63, 3.8) is 0 Å². The highest BCUT2D eigenvalue weighted by atomic mass is 35.5. The van der Waals surface area contributed by atoms with Crippen LogP contribution in [0.3, 0.4) is 0 Å². The second-order valence-electron chi connectivity index (χ2n) is 4.56. The van der Waals surface area contributed by atoms with Crippen LogP contribution >= 0.6 is 11.6 Å². The molecule has 0 aliphatic rings. The standard InChI is InChI=1S/C15H11ClF4O/c16-12-3-1-2-11(14(12)17)13(21)8-9-4-6-10(7-5-9)15(18,19)20/h1-7,13,21H,8H2. The predicted molar refractivity (Wildman–Crippen MR) is 71.5 cm³/mol. The van der Waals surface area contributed by atoms with Crippen molar-refractivity contribution in [1.82, 2.24) is 0 Å². The molecule has 2 rings (SSSR count). The maximum atomic E-state index is 13.7. The number of aliphatic hydroxyl groups excluding tert-OH is 1. The first-order valence-electron chi connectivity index (χ1n) is 6.07. The van der Waals surface area contributed by atoms with E-state index in [4.69, 9.17) is 11.6 Å². The Morgan fingerprint density at radius 1 is 1.05 bits per heavy atom. The molecule has 6 heteroatoms. The zero-order valence-corrected chi connectivity index (χ0v) is 11.4. The molecule has 1 N–H and O–H groups in total. The van der Waals surface area contributed by atoms with Gasteiger partial charge in [0.2, 0.25) is 0 Å². The van der Waals surface area contributed by atoms with Crippen molar-refractivity contribution in [3.05, 3.63) is 70.0 Å². The average molecular weight is 319 g/mol. The molecule has 0 radical (unpaired) electrons. The molecule has 0 bridgehead atoms. The molecule has 112 valence electrons. The van der Waals surface area contributed by atoms with Crippen LogP contribution in [0, 0.1) is 5.82 Å². The Morgan fingerprint density at radius 2 is 1.67 bits per heavy atom. The van der Waals surface area contributed by atoms with Gasteiger partial charge in [-0.2, -0.15) is 13.2 Å². The van der Waals surface area contributed by atoms with Gasteiger partial charge in [0.15, 0.2) is 0 Å². The van der Waals surface area contributed by atoms with Crippen LogP contribution in [0.1, 0.15) is 22.8 Å². The molecule has 21 heavy (non-hydrogen) atoms. The molecule has 0 saturated carbocycles. The maximum Gasteiger partial charge on any atom is 0.416 e. The van der Waals surface area contributed by atoms with Crippen LogP contribution in [-0.4, -0.2) is 5.11 Å². The number of benzene rings is 2. The van der Waals surface area contributed by atoms with Gasteiger partial charge in [-0.25, -0.2) is 4.39 Å². The Balaban J connectivity index is 2.16. The first-order valence-corrected chi connectivity index (χ1v) is 6.45. The summed E-state index contributed by atoms with van der Waals surface area (Å²) in [5.41, 5.74) is -0.285. The lowest BCUT2D eigenvalue weighted by atomic mass is 10.00. The molecular weight excluding hydrogens is 308 g/mol. The molecule has 0 saturated heterocycles. The molecule has 1 unspecified atom stereocenters. The number of hydrogen-bond acceptors (Lipinski definition) is 1. The van der Waals surface area contributed by atoms with Gasteiger partial charge in [-0.3, -0.25) is 0 Å². The zero-order chi connectivity index (χ0) is 15.6. The summed E-state index contributed by atoms with van der Waals surface area (Å²) >= 11 is 5.62. The van der Waals surface area contributed by atoms with E-state index < -0.39 is 23.7 Å². The van der Waals surface area contributed by atoms with Gasteiger partial charge in [-0.15, -0.1) is 0 Å². The third-order valence-corrected chi connectivity index (χ3v) is 3.34. The molecule has 1 atom stereocenters. The van der Waals surface area contributed by atoms with E-state index >= 15 is 0 Å². The maximum absolute atomic E-state index is 13.7. The first kappa shape index (κ1) is 15.8. The van der Waals surface area contributed by atoms with Crippen LogP contribution < -0.4 is 0 Å². The summed E-state index contributed by atoms with van der Waals surface area (Å²) in [6.07, 6.45) is -5.59. The van der Waals surface area contributed by atoms with Crippen LogP contribution in [0.5, 0.6) is 0 Å². The van der Waals surface area contributed by atoms with Crippen molar-refractivity contribution in [3.8, 4) is 0 Å². The van der Waals surface area contributed by atoms with Gasteiger partial charge in [-0.1, -0.05) is 35.9 Å². The minimum Gasteiger partial charge on any atom is -0.388 e. The Morgan fingerprint density at radius 3 is 2.24 bits per heavy atom. The second-order valence-corrected chi connectivity index (χ2v) is 4.96. The van der Waals surface area contributed by atoms with Crippen molar-refractivity contribution < 1.29 is 22.7 Å². The van der Waals surface area contributed by atoms with Crippen molar-refractivity contribution in [2.24, 2.45) is 0 Å². The monoisotopic (exact) mass is 318 g/mol. The number of rotatable bonds is 3. The summed E-state index contributed by atoms with van der Waals surface area (Å²) in [6, 6.07) is 8.60. The third kappa shape index (κ3) is 3.74. The van der Waals surface area contributed by atoms with Crippen molar-refractivity contribution in [2.75, 3.05) is 0 Å². The molecule has 1 nitrogen and oxygen atoms in total. The van der Waals surface area contributed by atoms with Crippen LogP contribution in [0.25, 0.3) is 0 Å². The summed E-state index contributed by atoms with van der Waals surface area (Å²) in [7, 11) is 0. The van der Waals surface area contributed by atoms with Crippen LogP contribution in [0.4, 0.5) is 17.6 Å². The second kappa shape index (κ2) is 6.03. The van der Waals surface area contributed by atoms with E-state index in [0.29, 0.717) is 5.56 Å². The number of hydrogen-bond donors (Lipinski definition) is 1. The summed E-state index contributed by atoms with van der Waals surface area (Å²) in [4.78, 5) is 0. The fraction of sp³-hybridized carbons (Fsp3) is 0.200. The topological polar surface area (TPSA) is 20.2 Å². The molecule has 2 aromatic rings. The third-order valence-electron chi connectivity index (χ3n) is 3.05. The summed E-state index contributed by atoms with van der Waals surface area (Å²) in [5.74, 6) is -0.724. The van der Waals surface area contributed by atoms with Crippen LogP contribution in [0.2, 0.25) is 5.02 Å². The zero-order valence-electron chi connectivity index (χ0n) is 10.7. The fourth-order valence-corrected chi connectivity index (χ4v) is 2.12. The van der Waals surface area contributed by atoms with E-state index in [9.17, 15) is 22.7 Å².